The third-order valence-electron chi connectivity index (χ3n) is 2.66. The van der Waals surface area contributed by atoms with Crippen LogP contribution in [0, 0.1) is 0 Å². The second-order valence-electron chi connectivity index (χ2n) is 3.99. The van der Waals surface area contributed by atoms with Crippen molar-refractivity contribution in [2.75, 3.05) is 6.54 Å². The SMILES string of the molecule is CC(NC(=O)C1CCCCCN1)C(N)=O. The molecule has 1 aliphatic rings. The van der Waals surface area contributed by atoms with Gasteiger partial charge in [-0.3, -0.25) is 9.59 Å². The van der Waals surface area contributed by atoms with Crippen LogP contribution in [0.2, 0.25) is 0 Å². The van der Waals surface area contributed by atoms with Gasteiger partial charge in [-0.2, -0.15) is 0 Å². The second kappa shape index (κ2) is 5.70. The molecule has 1 rings (SSSR count). The Morgan fingerprint density at radius 2 is 2.13 bits per heavy atom. The van der Waals surface area contributed by atoms with E-state index in [0.29, 0.717) is 0 Å². The van der Waals surface area contributed by atoms with Gasteiger partial charge in [0.05, 0.1) is 6.04 Å². The number of nitrogens with one attached hydrogen (secondary N) is 2. The molecule has 2 unspecified atom stereocenters. The van der Waals surface area contributed by atoms with Crippen molar-refractivity contribution in [3.05, 3.63) is 0 Å². The summed E-state index contributed by atoms with van der Waals surface area (Å²) in [6.07, 6.45) is 4.14. The van der Waals surface area contributed by atoms with Gasteiger partial charge >= 0.3 is 0 Å². The molecular formula is C10H19N3O2. The predicted octanol–water partition coefficient (Wildman–Crippen LogP) is -0.491. The first-order chi connectivity index (χ1) is 7.11. The van der Waals surface area contributed by atoms with Crippen LogP contribution < -0.4 is 16.4 Å². The lowest BCUT2D eigenvalue weighted by molar-refractivity contribution is -0.128. The normalized spacial score (nSPS) is 23.9. The molecule has 1 aliphatic heterocycles. The summed E-state index contributed by atoms with van der Waals surface area (Å²) >= 11 is 0. The monoisotopic (exact) mass is 213 g/mol. The Morgan fingerprint density at radius 1 is 1.40 bits per heavy atom. The lowest BCUT2D eigenvalue weighted by atomic mass is 10.1. The molecule has 0 bridgehead atoms. The van der Waals surface area contributed by atoms with Gasteiger partial charge in [0.15, 0.2) is 0 Å². The molecule has 0 radical (unpaired) electrons. The zero-order valence-electron chi connectivity index (χ0n) is 9.08. The van der Waals surface area contributed by atoms with Crippen molar-refractivity contribution in [2.45, 2.75) is 44.7 Å². The standard InChI is InChI=1S/C10H19N3O2/c1-7(9(11)14)13-10(15)8-5-3-2-4-6-12-8/h7-8,12H,2-6H2,1H3,(H2,11,14)(H,13,15). The van der Waals surface area contributed by atoms with Gasteiger partial charge < -0.3 is 16.4 Å². The molecule has 0 spiro atoms. The number of nitrogens with two attached hydrogens (primary N) is 1. The number of hydrogen-bond donors (Lipinski definition) is 3. The number of primary amides is 1. The van der Waals surface area contributed by atoms with Crippen molar-refractivity contribution >= 4 is 11.8 Å². The maximum absolute atomic E-state index is 11.7. The third kappa shape index (κ3) is 3.87. The average molecular weight is 213 g/mol. The van der Waals surface area contributed by atoms with Gasteiger partial charge in [0.2, 0.25) is 11.8 Å². The molecule has 4 N–H and O–H groups in total. The van der Waals surface area contributed by atoms with E-state index in [1.54, 1.807) is 6.92 Å². The maximum atomic E-state index is 11.7. The molecule has 15 heavy (non-hydrogen) atoms. The van der Waals surface area contributed by atoms with Crippen molar-refractivity contribution in [1.82, 2.24) is 10.6 Å². The van der Waals surface area contributed by atoms with Crippen LogP contribution >= 0.6 is 0 Å². The molecule has 1 fully saturated rings. The number of carbonyl (C=O) groups is 2. The molecule has 0 aliphatic carbocycles. The first kappa shape index (κ1) is 12.0. The fraction of sp³-hybridized carbons (Fsp3) is 0.800. The first-order valence-corrected chi connectivity index (χ1v) is 5.44. The van der Waals surface area contributed by atoms with Gasteiger partial charge in [-0.1, -0.05) is 12.8 Å². The van der Waals surface area contributed by atoms with Gasteiger partial charge in [-0.15, -0.1) is 0 Å². The maximum Gasteiger partial charge on any atom is 0.239 e. The van der Waals surface area contributed by atoms with E-state index in [-0.39, 0.29) is 11.9 Å². The van der Waals surface area contributed by atoms with Crippen LogP contribution in [0.1, 0.15) is 32.6 Å². The first-order valence-electron chi connectivity index (χ1n) is 5.44. The highest BCUT2D eigenvalue weighted by atomic mass is 16.2. The smallest absolute Gasteiger partial charge is 0.239 e. The van der Waals surface area contributed by atoms with Crippen molar-refractivity contribution in [3.8, 4) is 0 Å². The highest BCUT2D eigenvalue weighted by Crippen LogP contribution is 2.08. The lowest BCUT2D eigenvalue weighted by Gasteiger charge is -2.17. The summed E-state index contributed by atoms with van der Waals surface area (Å²) in [6, 6.07) is -0.767. The molecule has 0 saturated carbocycles. The zero-order valence-corrected chi connectivity index (χ0v) is 9.08. The number of rotatable bonds is 3. The van der Waals surface area contributed by atoms with Crippen molar-refractivity contribution in [1.29, 1.82) is 0 Å². The minimum Gasteiger partial charge on any atom is -0.368 e. The van der Waals surface area contributed by atoms with Crippen molar-refractivity contribution in [3.63, 3.8) is 0 Å². The molecule has 0 aromatic rings. The molecule has 0 aromatic heterocycles. The molecule has 86 valence electrons. The topological polar surface area (TPSA) is 84.2 Å². The summed E-state index contributed by atoms with van der Waals surface area (Å²) in [5.41, 5.74) is 5.07. The average Bonchev–Trinajstić information content (AvgIpc) is 2.45. The van der Waals surface area contributed by atoms with Crippen LogP contribution in [0.25, 0.3) is 0 Å². The van der Waals surface area contributed by atoms with Crippen LogP contribution in [-0.4, -0.2) is 30.4 Å². The van der Waals surface area contributed by atoms with E-state index in [9.17, 15) is 9.59 Å². The molecular weight excluding hydrogens is 194 g/mol. The Balaban J connectivity index is 2.41. The van der Waals surface area contributed by atoms with E-state index >= 15 is 0 Å². The van der Waals surface area contributed by atoms with Crippen LogP contribution in [0.15, 0.2) is 0 Å². The van der Waals surface area contributed by atoms with E-state index in [4.69, 9.17) is 5.73 Å². The molecule has 5 nitrogen and oxygen atoms in total. The van der Waals surface area contributed by atoms with Gasteiger partial charge in [-0.05, 0) is 26.3 Å². The molecule has 0 aromatic carbocycles. The van der Waals surface area contributed by atoms with Gasteiger partial charge in [0, 0.05) is 0 Å². The largest absolute Gasteiger partial charge is 0.368 e. The Kier molecular flexibility index (Phi) is 4.55. The Morgan fingerprint density at radius 3 is 2.80 bits per heavy atom. The summed E-state index contributed by atoms with van der Waals surface area (Å²) in [6.45, 7) is 2.46. The minimum atomic E-state index is -0.595. The number of hydrogen-bond acceptors (Lipinski definition) is 3. The van der Waals surface area contributed by atoms with Crippen LogP contribution in [0.5, 0.6) is 0 Å². The minimum absolute atomic E-state index is 0.122. The fourth-order valence-corrected chi connectivity index (χ4v) is 1.64. The van der Waals surface area contributed by atoms with E-state index in [1.807, 2.05) is 0 Å². The number of amides is 2. The Bertz CT molecular complexity index is 235. The quantitative estimate of drug-likeness (QED) is 0.591. The van der Waals surface area contributed by atoms with Crippen molar-refractivity contribution < 1.29 is 9.59 Å². The highest BCUT2D eigenvalue weighted by molar-refractivity contribution is 5.88. The van der Waals surface area contributed by atoms with E-state index in [1.165, 1.54) is 0 Å². The Hall–Kier alpha value is -1.10. The molecule has 1 saturated heterocycles. The van der Waals surface area contributed by atoms with Crippen LogP contribution in [0.4, 0.5) is 0 Å². The predicted molar refractivity (Wildman–Crippen MR) is 57.1 cm³/mol. The molecule has 2 atom stereocenters. The fourth-order valence-electron chi connectivity index (χ4n) is 1.64. The molecule has 1 heterocycles. The third-order valence-corrected chi connectivity index (χ3v) is 2.66. The van der Waals surface area contributed by atoms with Gasteiger partial charge in [-0.25, -0.2) is 0 Å². The summed E-state index contributed by atoms with van der Waals surface area (Å²) in [5, 5.41) is 5.76. The van der Waals surface area contributed by atoms with E-state index < -0.39 is 11.9 Å². The summed E-state index contributed by atoms with van der Waals surface area (Å²) in [5.74, 6) is -0.625. The molecule has 2 amide bonds. The Labute approximate surface area is 89.8 Å². The number of carbonyl (C=O) groups excluding carboxylic acids is 2. The van der Waals surface area contributed by atoms with Gasteiger partial charge in [0.25, 0.3) is 0 Å². The second-order valence-corrected chi connectivity index (χ2v) is 3.99. The summed E-state index contributed by atoms with van der Waals surface area (Å²) < 4.78 is 0. The van der Waals surface area contributed by atoms with E-state index in [2.05, 4.69) is 10.6 Å². The lowest BCUT2D eigenvalue weighted by Crippen LogP contribution is -2.50. The van der Waals surface area contributed by atoms with E-state index in [0.717, 1.165) is 32.2 Å². The molecule has 5 heteroatoms. The highest BCUT2D eigenvalue weighted by Gasteiger charge is 2.21. The zero-order chi connectivity index (χ0) is 11.3. The van der Waals surface area contributed by atoms with Gasteiger partial charge in [0.1, 0.15) is 6.04 Å². The van der Waals surface area contributed by atoms with Crippen molar-refractivity contribution in [2.24, 2.45) is 5.73 Å². The summed E-state index contributed by atoms with van der Waals surface area (Å²) in [7, 11) is 0. The van der Waals surface area contributed by atoms with Crippen LogP contribution in [-0.2, 0) is 9.59 Å². The summed E-state index contributed by atoms with van der Waals surface area (Å²) in [4.78, 5) is 22.5. The van der Waals surface area contributed by atoms with Crippen LogP contribution in [0.3, 0.4) is 0 Å².